The molecule has 5 nitrogen and oxygen atoms in total. The maximum absolute atomic E-state index is 13.9. The number of ether oxygens (including phenoxy) is 1. The van der Waals surface area contributed by atoms with Crippen molar-refractivity contribution in [1.29, 1.82) is 0 Å². The highest BCUT2D eigenvalue weighted by atomic mass is 35.5. The number of nitrogens with zero attached hydrogens (tertiary/aromatic N) is 1. The second-order valence-electron chi connectivity index (χ2n) is 9.70. The van der Waals surface area contributed by atoms with Crippen LogP contribution in [-0.2, 0) is 12.8 Å². The predicted octanol–water partition coefficient (Wildman–Crippen LogP) is 4.87. The highest BCUT2D eigenvalue weighted by Crippen LogP contribution is 2.27. The highest BCUT2D eigenvalue weighted by molar-refractivity contribution is 5.98. The lowest BCUT2D eigenvalue weighted by molar-refractivity contribution is -0.0325. The zero-order valence-corrected chi connectivity index (χ0v) is 21.7. The van der Waals surface area contributed by atoms with Crippen LogP contribution in [0.15, 0.2) is 78.9 Å². The smallest absolute Gasteiger partial charge is 0.167 e. The van der Waals surface area contributed by atoms with Gasteiger partial charge in [0.15, 0.2) is 5.78 Å². The molecule has 0 spiro atoms. The second kappa shape index (κ2) is 13.7. The maximum atomic E-state index is 13.9. The summed E-state index contributed by atoms with van der Waals surface area (Å²) in [6.45, 7) is 1.76. The highest BCUT2D eigenvalue weighted by Gasteiger charge is 2.33. The number of likely N-dealkylation sites (tertiary alicyclic amines) is 1. The van der Waals surface area contributed by atoms with E-state index >= 15 is 0 Å². The Labute approximate surface area is 224 Å². The number of benzene rings is 3. The normalized spacial score (nSPS) is 16.0. The first-order valence-corrected chi connectivity index (χ1v) is 12.6. The van der Waals surface area contributed by atoms with Gasteiger partial charge >= 0.3 is 0 Å². The van der Waals surface area contributed by atoms with Crippen molar-refractivity contribution >= 4 is 18.2 Å². The lowest BCUT2D eigenvalue weighted by atomic mass is 9.85. The van der Waals surface area contributed by atoms with Crippen LogP contribution in [0.1, 0.15) is 40.7 Å². The number of β-amino-alcohol motifs (C(OH)–C–C–N with tert-alkyl or cyclic N) is 1. The molecule has 3 aromatic carbocycles. The lowest BCUT2D eigenvalue weighted by Crippen LogP contribution is -2.48. The van der Waals surface area contributed by atoms with Gasteiger partial charge in [-0.05, 0) is 48.6 Å². The van der Waals surface area contributed by atoms with Crippen LogP contribution in [-0.4, -0.2) is 58.8 Å². The average Bonchev–Trinajstić information content (AvgIpc) is 2.89. The number of ketones is 1. The number of carbonyl (C=O) groups excluding carboxylic acids is 1. The van der Waals surface area contributed by atoms with Gasteiger partial charge in [0, 0.05) is 32.5 Å². The summed E-state index contributed by atoms with van der Waals surface area (Å²) >= 11 is 0. The molecule has 0 amide bonds. The number of hydrogen-bond acceptors (Lipinski definition) is 5. The van der Waals surface area contributed by atoms with E-state index in [0.29, 0.717) is 45.3 Å². The van der Waals surface area contributed by atoms with Crippen molar-refractivity contribution in [3.63, 3.8) is 0 Å². The van der Waals surface area contributed by atoms with Crippen LogP contribution in [0.25, 0.3) is 0 Å². The van der Waals surface area contributed by atoms with Gasteiger partial charge in [-0.1, -0.05) is 60.7 Å². The standard InChI is InChI=1S/C30H34FNO4.ClH/c31-25-12-14-29(27(19-25)28(34)13-11-23-7-3-1-4-8-23)36-22-26(33)21-32-17-15-30(35,16-18-32)20-24-9-5-2-6-10-24;/h1-10,12,14,19,26,33,35H,11,13,15-18,20-22H2;1H. The lowest BCUT2D eigenvalue weighted by Gasteiger charge is -2.39. The number of aryl methyl sites for hydroxylation is 1. The Hall–Kier alpha value is -2.77. The Kier molecular flexibility index (Phi) is 10.6. The molecule has 1 fully saturated rings. The van der Waals surface area contributed by atoms with Gasteiger partial charge in [0.05, 0.1) is 11.2 Å². The third-order valence-electron chi connectivity index (χ3n) is 6.79. The van der Waals surface area contributed by atoms with E-state index < -0.39 is 17.5 Å². The van der Waals surface area contributed by atoms with Crippen LogP contribution >= 0.6 is 12.4 Å². The molecule has 0 bridgehead atoms. The molecule has 0 radical (unpaired) electrons. The summed E-state index contributed by atoms with van der Waals surface area (Å²) in [5.41, 5.74) is 1.62. The number of aliphatic hydroxyl groups is 2. The van der Waals surface area contributed by atoms with E-state index in [9.17, 15) is 19.4 Å². The Morgan fingerprint density at radius 3 is 2.24 bits per heavy atom. The molecule has 1 aliphatic heterocycles. The van der Waals surface area contributed by atoms with Crippen molar-refractivity contribution in [3.05, 3.63) is 101 Å². The van der Waals surface area contributed by atoms with Gasteiger partial charge < -0.3 is 19.8 Å². The third kappa shape index (κ3) is 8.64. The molecule has 2 N–H and O–H groups in total. The number of halogens is 2. The molecule has 0 aliphatic carbocycles. The molecule has 1 saturated heterocycles. The molecule has 37 heavy (non-hydrogen) atoms. The summed E-state index contributed by atoms with van der Waals surface area (Å²) < 4.78 is 19.7. The minimum Gasteiger partial charge on any atom is -0.490 e. The molecule has 1 atom stereocenters. The van der Waals surface area contributed by atoms with Crippen LogP contribution in [0.3, 0.4) is 0 Å². The van der Waals surface area contributed by atoms with Gasteiger partial charge in [-0.15, -0.1) is 12.4 Å². The van der Waals surface area contributed by atoms with Crippen molar-refractivity contribution < 1.29 is 24.1 Å². The number of Topliss-reactive ketones (excluding diaryl/α,β-unsaturated/α-hetero) is 1. The summed E-state index contributed by atoms with van der Waals surface area (Å²) in [6, 6.07) is 23.6. The van der Waals surface area contributed by atoms with Gasteiger partial charge in [0.2, 0.25) is 0 Å². The molecule has 0 aromatic heterocycles. The summed E-state index contributed by atoms with van der Waals surface area (Å²) in [7, 11) is 0. The number of hydrogen-bond donors (Lipinski definition) is 2. The minimum atomic E-state index is -0.775. The van der Waals surface area contributed by atoms with Crippen LogP contribution in [0.2, 0.25) is 0 Å². The Balaban J connectivity index is 0.00000380. The van der Waals surface area contributed by atoms with Crippen LogP contribution in [0.5, 0.6) is 5.75 Å². The quantitative estimate of drug-likeness (QED) is 0.348. The fourth-order valence-electron chi connectivity index (χ4n) is 4.72. The molecule has 1 aliphatic rings. The van der Waals surface area contributed by atoms with Gasteiger partial charge in [-0.25, -0.2) is 4.39 Å². The first kappa shape index (κ1) is 28.8. The number of piperidine rings is 1. The fourth-order valence-corrected chi connectivity index (χ4v) is 4.72. The number of rotatable bonds is 11. The zero-order valence-electron chi connectivity index (χ0n) is 20.9. The summed E-state index contributed by atoms with van der Waals surface area (Å²) in [5.74, 6) is -0.414. The van der Waals surface area contributed by atoms with Crippen molar-refractivity contribution in [2.75, 3.05) is 26.2 Å². The van der Waals surface area contributed by atoms with Crippen LogP contribution < -0.4 is 4.74 Å². The first-order valence-electron chi connectivity index (χ1n) is 12.6. The topological polar surface area (TPSA) is 70.0 Å². The predicted molar refractivity (Wildman–Crippen MR) is 145 cm³/mol. The Morgan fingerprint density at radius 1 is 0.973 bits per heavy atom. The van der Waals surface area contributed by atoms with E-state index in [-0.39, 0.29) is 42.5 Å². The first-order chi connectivity index (χ1) is 17.4. The van der Waals surface area contributed by atoms with E-state index in [1.54, 1.807) is 0 Å². The molecule has 4 rings (SSSR count). The van der Waals surface area contributed by atoms with E-state index in [1.807, 2.05) is 60.7 Å². The monoisotopic (exact) mass is 527 g/mol. The van der Waals surface area contributed by atoms with Gasteiger partial charge in [-0.2, -0.15) is 0 Å². The van der Waals surface area contributed by atoms with Crippen molar-refractivity contribution in [1.82, 2.24) is 4.90 Å². The van der Waals surface area contributed by atoms with E-state index in [0.717, 1.165) is 11.1 Å². The summed E-state index contributed by atoms with van der Waals surface area (Å²) in [6.07, 6.45) is 1.92. The molecule has 1 heterocycles. The van der Waals surface area contributed by atoms with Gasteiger partial charge in [-0.3, -0.25) is 4.79 Å². The SMILES string of the molecule is Cl.O=C(CCc1ccccc1)c1cc(F)ccc1OCC(O)CN1CCC(O)(Cc2ccccc2)CC1. The second-order valence-corrected chi connectivity index (χ2v) is 9.70. The maximum Gasteiger partial charge on any atom is 0.167 e. The largest absolute Gasteiger partial charge is 0.490 e. The van der Waals surface area contributed by atoms with E-state index in [1.165, 1.54) is 18.2 Å². The fraction of sp³-hybridized carbons (Fsp3) is 0.367. The van der Waals surface area contributed by atoms with E-state index in [2.05, 4.69) is 4.90 Å². The molecular weight excluding hydrogens is 493 g/mol. The molecule has 3 aromatic rings. The van der Waals surface area contributed by atoms with Gasteiger partial charge in [0.1, 0.15) is 24.3 Å². The summed E-state index contributed by atoms with van der Waals surface area (Å²) in [4.78, 5) is 14.9. The Morgan fingerprint density at radius 2 is 1.59 bits per heavy atom. The molecule has 0 saturated carbocycles. The zero-order chi connectivity index (χ0) is 25.4. The molecule has 7 heteroatoms. The average molecular weight is 528 g/mol. The number of carbonyl (C=O) groups is 1. The van der Waals surface area contributed by atoms with Crippen molar-refractivity contribution in [2.24, 2.45) is 0 Å². The van der Waals surface area contributed by atoms with Crippen LogP contribution in [0.4, 0.5) is 4.39 Å². The third-order valence-corrected chi connectivity index (χ3v) is 6.79. The molecular formula is C30H35ClFNO4. The number of aliphatic hydroxyl groups excluding tert-OH is 1. The van der Waals surface area contributed by atoms with Crippen molar-refractivity contribution in [2.45, 2.75) is 43.8 Å². The van der Waals surface area contributed by atoms with Gasteiger partial charge in [0.25, 0.3) is 0 Å². The minimum absolute atomic E-state index is 0. The van der Waals surface area contributed by atoms with Crippen LogP contribution in [0, 0.1) is 5.82 Å². The molecule has 198 valence electrons. The Bertz CT molecular complexity index is 1120. The van der Waals surface area contributed by atoms with Crippen molar-refractivity contribution in [3.8, 4) is 5.75 Å². The summed E-state index contributed by atoms with van der Waals surface area (Å²) in [5, 5.41) is 21.5. The van der Waals surface area contributed by atoms with E-state index in [4.69, 9.17) is 4.74 Å². The molecule has 1 unspecified atom stereocenters.